The topological polar surface area (TPSA) is 81.3 Å². The molecule has 0 fully saturated rings. The average Bonchev–Trinajstić information content (AvgIpc) is 2.91. The summed E-state index contributed by atoms with van der Waals surface area (Å²) in [7, 11) is -4.44. The van der Waals surface area contributed by atoms with E-state index in [2.05, 4.69) is 17.6 Å². The number of benzene rings is 1. The fraction of sp³-hybridized carbons (Fsp3) is 0.647. The van der Waals surface area contributed by atoms with Crippen LogP contribution in [0.3, 0.4) is 0 Å². The Hall–Kier alpha value is 0.366. The number of hydrogen-bond acceptors (Lipinski definition) is 5. The van der Waals surface area contributed by atoms with Crippen LogP contribution in [0.2, 0.25) is 0 Å². The molecule has 0 amide bonds. The summed E-state index contributed by atoms with van der Waals surface area (Å²) in [5.41, 5.74) is 1.12. The van der Waals surface area contributed by atoms with Crippen molar-refractivity contribution >= 4 is 21.5 Å². The second kappa shape index (κ2) is 11.2. The zero-order valence-electron chi connectivity index (χ0n) is 14.8. The molecule has 1 aromatic carbocycles. The minimum absolute atomic E-state index is 0. The average molecular weight is 379 g/mol. The van der Waals surface area contributed by atoms with E-state index in [1.807, 2.05) is 0 Å². The van der Waals surface area contributed by atoms with E-state index in [0.717, 1.165) is 12.8 Å². The maximum Gasteiger partial charge on any atom is 1.00 e. The van der Waals surface area contributed by atoms with Crippen LogP contribution in [0, 0.1) is 0 Å². The SMILES string of the molecule is CCCCCCCCCCC1Nc2cccc(S(=O)(=O)[O-])c2N1.[K+]. The van der Waals surface area contributed by atoms with E-state index in [0.29, 0.717) is 11.4 Å². The molecule has 0 aromatic heterocycles. The maximum absolute atomic E-state index is 11.3. The van der Waals surface area contributed by atoms with Gasteiger partial charge in [0.25, 0.3) is 0 Å². The Labute approximate surface area is 188 Å². The van der Waals surface area contributed by atoms with Crippen molar-refractivity contribution in [1.82, 2.24) is 0 Å². The second-order valence-electron chi connectivity index (χ2n) is 6.24. The molecule has 0 radical (unpaired) electrons. The Balaban J connectivity index is 0.00000288. The molecule has 0 saturated heterocycles. The Morgan fingerprint density at radius 1 is 1.00 bits per heavy atom. The summed E-state index contributed by atoms with van der Waals surface area (Å²) in [6, 6.07) is 4.75. The molecule has 1 aromatic rings. The van der Waals surface area contributed by atoms with Crippen LogP contribution >= 0.6 is 0 Å². The Morgan fingerprint density at radius 3 is 2.25 bits per heavy atom. The zero-order valence-corrected chi connectivity index (χ0v) is 18.7. The summed E-state index contributed by atoms with van der Waals surface area (Å²) in [5.74, 6) is 0. The van der Waals surface area contributed by atoms with Crippen molar-refractivity contribution < 1.29 is 64.4 Å². The van der Waals surface area contributed by atoms with Crippen LogP contribution in [0.5, 0.6) is 0 Å². The minimum Gasteiger partial charge on any atom is -0.744 e. The molecule has 1 atom stereocenters. The number of para-hydroxylation sites is 1. The van der Waals surface area contributed by atoms with Crippen molar-refractivity contribution in [2.24, 2.45) is 0 Å². The predicted molar refractivity (Wildman–Crippen MR) is 92.7 cm³/mol. The maximum atomic E-state index is 11.3. The Bertz CT molecular complexity index is 608. The third-order valence-corrected chi connectivity index (χ3v) is 5.17. The second-order valence-corrected chi connectivity index (χ2v) is 7.59. The summed E-state index contributed by atoms with van der Waals surface area (Å²) in [5, 5.41) is 6.39. The molecule has 1 aliphatic heterocycles. The number of unbranched alkanes of at least 4 members (excludes halogenated alkanes) is 7. The zero-order chi connectivity index (χ0) is 16.7. The van der Waals surface area contributed by atoms with Gasteiger partial charge in [-0.1, -0.05) is 57.9 Å². The van der Waals surface area contributed by atoms with Gasteiger partial charge < -0.3 is 15.2 Å². The number of anilines is 2. The van der Waals surface area contributed by atoms with Crippen LogP contribution in [0.1, 0.15) is 64.7 Å². The molecule has 7 heteroatoms. The molecule has 1 unspecified atom stereocenters. The molecule has 0 saturated carbocycles. The first kappa shape index (κ1) is 22.4. The van der Waals surface area contributed by atoms with E-state index in [1.54, 1.807) is 12.1 Å². The molecule has 2 rings (SSSR count). The van der Waals surface area contributed by atoms with Crippen molar-refractivity contribution in [3.05, 3.63) is 18.2 Å². The van der Waals surface area contributed by atoms with Crippen LogP contribution < -0.4 is 62.0 Å². The predicted octanol–water partition coefficient (Wildman–Crippen LogP) is 1.29. The van der Waals surface area contributed by atoms with Gasteiger partial charge in [-0.05, 0) is 25.0 Å². The van der Waals surface area contributed by atoms with E-state index in [9.17, 15) is 13.0 Å². The Morgan fingerprint density at radius 2 is 1.62 bits per heavy atom. The Kier molecular flexibility index (Phi) is 10.4. The van der Waals surface area contributed by atoms with Crippen molar-refractivity contribution in [3.63, 3.8) is 0 Å². The molecule has 24 heavy (non-hydrogen) atoms. The summed E-state index contributed by atoms with van der Waals surface area (Å²) in [4.78, 5) is -0.166. The molecule has 130 valence electrons. The first-order chi connectivity index (χ1) is 11.0. The van der Waals surface area contributed by atoms with Gasteiger partial charge in [0.15, 0.2) is 0 Å². The first-order valence-corrected chi connectivity index (χ1v) is 10.0. The normalized spacial score (nSPS) is 16.0. The van der Waals surface area contributed by atoms with Gasteiger partial charge in [-0.2, -0.15) is 0 Å². The summed E-state index contributed by atoms with van der Waals surface area (Å²) >= 11 is 0. The van der Waals surface area contributed by atoms with Gasteiger partial charge in [-0.25, -0.2) is 8.42 Å². The molecule has 0 bridgehead atoms. The van der Waals surface area contributed by atoms with Gasteiger partial charge in [-0.15, -0.1) is 0 Å². The molecule has 0 spiro atoms. The molecular formula is C17H27KN2O3S. The van der Waals surface area contributed by atoms with Gasteiger partial charge in [-0.3, -0.25) is 0 Å². The summed E-state index contributed by atoms with van der Waals surface area (Å²) in [6.07, 6.45) is 11.0. The molecule has 1 heterocycles. The third kappa shape index (κ3) is 6.94. The van der Waals surface area contributed by atoms with Crippen molar-refractivity contribution in [2.45, 2.75) is 75.8 Å². The van der Waals surface area contributed by atoms with Gasteiger partial charge in [0.1, 0.15) is 10.1 Å². The van der Waals surface area contributed by atoms with Crippen LogP contribution in [-0.2, 0) is 10.1 Å². The smallest absolute Gasteiger partial charge is 0.744 e. The van der Waals surface area contributed by atoms with Crippen molar-refractivity contribution in [3.8, 4) is 0 Å². The fourth-order valence-electron chi connectivity index (χ4n) is 3.03. The minimum atomic E-state index is -4.44. The summed E-state index contributed by atoms with van der Waals surface area (Å²) in [6.45, 7) is 2.23. The first-order valence-electron chi connectivity index (χ1n) is 8.64. The standard InChI is InChI=1S/C17H28N2O3S.K/c1-2-3-4-5-6-7-8-9-13-16-18-14-11-10-12-15(17(14)19-16)23(20,21)22;/h10-12,16,18-19H,2-9,13H2,1H3,(H,20,21,22);/q;+1/p-1. The van der Waals surface area contributed by atoms with E-state index >= 15 is 0 Å². The third-order valence-electron chi connectivity index (χ3n) is 4.29. The molecule has 1 aliphatic rings. The van der Waals surface area contributed by atoms with Gasteiger partial charge in [0, 0.05) is 0 Å². The van der Waals surface area contributed by atoms with Gasteiger partial charge in [0.05, 0.1) is 22.4 Å². The van der Waals surface area contributed by atoms with E-state index < -0.39 is 10.1 Å². The molecule has 5 nitrogen and oxygen atoms in total. The van der Waals surface area contributed by atoms with E-state index in [4.69, 9.17) is 0 Å². The van der Waals surface area contributed by atoms with Gasteiger partial charge >= 0.3 is 51.4 Å². The van der Waals surface area contributed by atoms with Crippen LogP contribution in [0.15, 0.2) is 23.1 Å². The van der Waals surface area contributed by atoms with Crippen LogP contribution in [0.25, 0.3) is 0 Å². The largest absolute Gasteiger partial charge is 1.00 e. The number of fused-ring (bicyclic) bond motifs is 1. The van der Waals surface area contributed by atoms with E-state index in [-0.39, 0.29) is 62.4 Å². The van der Waals surface area contributed by atoms with Crippen LogP contribution in [-0.4, -0.2) is 19.1 Å². The van der Waals surface area contributed by atoms with E-state index in [1.165, 1.54) is 51.0 Å². The van der Waals surface area contributed by atoms with Crippen LogP contribution in [0.4, 0.5) is 11.4 Å². The number of nitrogens with one attached hydrogen (secondary N) is 2. The summed E-state index contributed by atoms with van der Waals surface area (Å²) < 4.78 is 33.8. The quantitative estimate of drug-likeness (QED) is 0.364. The monoisotopic (exact) mass is 378 g/mol. The van der Waals surface area contributed by atoms with Crippen molar-refractivity contribution in [2.75, 3.05) is 10.6 Å². The van der Waals surface area contributed by atoms with Crippen molar-refractivity contribution in [1.29, 1.82) is 0 Å². The molecular weight excluding hydrogens is 351 g/mol. The molecule has 0 aliphatic carbocycles. The fourth-order valence-corrected chi connectivity index (χ4v) is 3.70. The van der Waals surface area contributed by atoms with Gasteiger partial charge in [0.2, 0.25) is 0 Å². The number of rotatable bonds is 10. The molecule has 2 N–H and O–H groups in total. The number of hydrogen-bond donors (Lipinski definition) is 2.